The van der Waals surface area contributed by atoms with Gasteiger partial charge in [0, 0.05) is 44.1 Å². The quantitative estimate of drug-likeness (QED) is 0.930. The Hall–Kier alpha value is -2.21. The van der Waals surface area contributed by atoms with E-state index in [0.717, 1.165) is 37.4 Å². The van der Waals surface area contributed by atoms with Crippen LogP contribution in [0.15, 0.2) is 35.3 Å². The van der Waals surface area contributed by atoms with Gasteiger partial charge in [0.2, 0.25) is 0 Å². The SMILES string of the molecule is COCc1nc(N2CCC(c3ccccn3)CC2)cc(=O)[nH]1. The van der Waals surface area contributed by atoms with Crippen molar-refractivity contribution in [3.8, 4) is 0 Å². The highest BCUT2D eigenvalue weighted by molar-refractivity contribution is 5.38. The summed E-state index contributed by atoms with van der Waals surface area (Å²) < 4.78 is 5.04. The van der Waals surface area contributed by atoms with Crippen LogP contribution in [0, 0.1) is 0 Å². The van der Waals surface area contributed by atoms with Gasteiger partial charge in [0.05, 0.1) is 0 Å². The van der Waals surface area contributed by atoms with Crippen LogP contribution in [0.2, 0.25) is 0 Å². The Morgan fingerprint density at radius 2 is 2.18 bits per heavy atom. The molecule has 3 rings (SSSR count). The van der Waals surface area contributed by atoms with Crippen LogP contribution in [0.3, 0.4) is 0 Å². The van der Waals surface area contributed by atoms with Crippen LogP contribution >= 0.6 is 0 Å². The largest absolute Gasteiger partial charge is 0.377 e. The number of hydrogen-bond acceptors (Lipinski definition) is 5. The molecule has 2 aromatic rings. The lowest BCUT2D eigenvalue weighted by atomic mass is 9.93. The van der Waals surface area contributed by atoms with E-state index in [-0.39, 0.29) is 5.56 Å². The molecule has 1 saturated heterocycles. The van der Waals surface area contributed by atoms with Gasteiger partial charge < -0.3 is 14.6 Å². The van der Waals surface area contributed by atoms with Gasteiger partial charge in [-0.1, -0.05) is 6.07 Å². The first-order valence-corrected chi connectivity index (χ1v) is 7.51. The third-order valence-electron chi connectivity index (χ3n) is 3.98. The minimum absolute atomic E-state index is 0.135. The number of methoxy groups -OCH3 is 1. The van der Waals surface area contributed by atoms with Gasteiger partial charge in [0.15, 0.2) is 0 Å². The molecule has 1 aliphatic heterocycles. The van der Waals surface area contributed by atoms with Crippen LogP contribution in [-0.4, -0.2) is 35.2 Å². The minimum atomic E-state index is -0.135. The number of nitrogens with one attached hydrogen (secondary N) is 1. The van der Waals surface area contributed by atoms with E-state index < -0.39 is 0 Å². The molecule has 0 bridgehead atoms. The molecule has 3 heterocycles. The first-order valence-electron chi connectivity index (χ1n) is 7.51. The Bertz CT molecular complexity index is 663. The zero-order valence-corrected chi connectivity index (χ0v) is 12.7. The number of nitrogens with zero attached hydrogens (tertiary/aromatic N) is 3. The second kappa shape index (κ2) is 6.70. The van der Waals surface area contributed by atoms with Crippen molar-refractivity contribution in [3.63, 3.8) is 0 Å². The molecule has 22 heavy (non-hydrogen) atoms. The van der Waals surface area contributed by atoms with Crippen molar-refractivity contribution in [2.24, 2.45) is 0 Å². The summed E-state index contributed by atoms with van der Waals surface area (Å²) in [5.74, 6) is 1.78. The van der Waals surface area contributed by atoms with Gasteiger partial charge in [-0.2, -0.15) is 0 Å². The molecule has 0 radical (unpaired) electrons. The second-order valence-corrected chi connectivity index (χ2v) is 5.50. The molecule has 0 amide bonds. The lowest BCUT2D eigenvalue weighted by Crippen LogP contribution is -2.34. The highest BCUT2D eigenvalue weighted by atomic mass is 16.5. The van der Waals surface area contributed by atoms with Gasteiger partial charge in [0.1, 0.15) is 18.2 Å². The van der Waals surface area contributed by atoms with Crippen LogP contribution in [-0.2, 0) is 11.3 Å². The fraction of sp³-hybridized carbons (Fsp3) is 0.438. The van der Waals surface area contributed by atoms with Crippen molar-refractivity contribution in [2.75, 3.05) is 25.1 Å². The molecule has 0 atom stereocenters. The Kier molecular flexibility index (Phi) is 4.48. The molecule has 116 valence electrons. The number of aromatic nitrogens is 3. The fourth-order valence-electron chi connectivity index (χ4n) is 2.88. The summed E-state index contributed by atoms with van der Waals surface area (Å²) in [6.45, 7) is 2.07. The van der Waals surface area contributed by atoms with E-state index >= 15 is 0 Å². The average molecular weight is 300 g/mol. The van der Waals surface area contributed by atoms with E-state index in [1.54, 1.807) is 13.2 Å². The third kappa shape index (κ3) is 3.33. The van der Waals surface area contributed by atoms with Crippen LogP contribution in [0.1, 0.15) is 30.3 Å². The van der Waals surface area contributed by atoms with Crippen molar-refractivity contribution >= 4 is 5.82 Å². The molecule has 6 nitrogen and oxygen atoms in total. The number of piperidine rings is 1. The number of H-pyrrole nitrogens is 1. The normalized spacial score (nSPS) is 16.0. The van der Waals surface area contributed by atoms with Crippen molar-refractivity contribution in [2.45, 2.75) is 25.4 Å². The topological polar surface area (TPSA) is 71.1 Å². The smallest absolute Gasteiger partial charge is 0.253 e. The molecular formula is C16H20N4O2. The van der Waals surface area contributed by atoms with Crippen molar-refractivity contribution in [1.29, 1.82) is 0 Å². The summed E-state index contributed by atoms with van der Waals surface area (Å²) in [6.07, 6.45) is 3.88. The summed E-state index contributed by atoms with van der Waals surface area (Å²) >= 11 is 0. The zero-order valence-electron chi connectivity index (χ0n) is 12.7. The molecule has 6 heteroatoms. The van der Waals surface area contributed by atoms with Crippen LogP contribution in [0.5, 0.6) is 0 Å². The molecule has 1 fully saturated rings. The van der Waals surface area contributed by atoms with Crippen molar-refractivity contribution < 1.29 is 4.74 Å². The molecule has 0 aromatic carbocycles. The Morgan fingerprint density at radius 1 is 1.36 bits per heavy atom. The first-order chi connectivity index (χ1) is 10.8. The maximum Gasteiger partial charge on any atom is 0.253 e. The van der Waals surface area contributed by atoms with Gasteiger partial charge >= 0.3 is 0 Å². The van der Waals surface area contributed by atoms with Gasteiger partial charge in [-0.25, -0.2) is 4.98 Å². The predicted octanol–water partition coefficient (Wildman–Crippen LogP) is 1.70. The van der Waals surface area contributed by atoms with E-state index in [9.17, 15) is 4.79 Å². The molecule has 0 saturated carbocycles. The Morgan fingerprint density at radius 3 is 2.86 bits per heavy atom. The van der Waals surface area contributed by atoms with Crippen LogP contribution < -0.4 is 10.5 Å². The fourth-order valence-corrected chi connectivity index (χ4v) is 2.88. The van der Waals surface area contributed by atoms with Gasteiger partial charge in [-0.15, -0.1) is 0 Å². The predicted molar refractivity (Wildman–Crippen MR) is 84.0 cm³/mol. The average Bonchev–Trinajstić information content (AvgIpc) is 2.56. The standard InChI is InChI=1S/C16H20N4O2/c1-22-11-14-18-15(10-16(21)19-14)20-8-5-12(6-9-20)13-4-2-3-7-17-13/h2-4,7,10,12H,5-6,8-9,11H2,1H3,(H,18,19,21). The highest BCUT2D eigenvalue weighted by Crippen LogP contribution is 2.28. The molecule has 0 aliphatic carbocycles. The molecule has 2 aromatic heterocycles. The number of rotatable bonds is 4. The van der Waals surface area contributed by atoms with Crippen LogP contribution in [0.25, 0.3) is 0 Å². The molecule has 1 N–H and O–H groups in total. The number of ether oxygens (including phenoxy) is 1. The van der Waals surface area contributed by atoms with E-state index in [0.29, 0.717) is 18.3 Å². The Balaban J connectivity index is 1.70. The summed E-state index contributed by atoms with van der Waals surface area (Å²) in [4.78, 5) is 25.5. The number of hydrogen-bond donors (Lipinski definition) is 1. The minimum Gasteiger partial charge on any atom is -0.377 e. The van der Waals surface area contributed by atoms with Crippen molar-refractivity contribution in [3.05, 3.63) is 52.3 Å². The van der Waals surface area contributed by atoms with E-state index in [2.05, 4.69) is 25.9 Å². The van der Waals surface area contributed by atoms with Gasteiger partial charge in [0.25, 0.3) is 5.56 Å². The third-order valence-corrected chi connectivity index (χ3v) is 3.98. The van der Waals surface area contributed by atoms with E-state index in [4.69, 9.17) is 4.74 Å². The molecule has 0 unspecified atom stereocenters. The number of aromatic amines is 1. The number of pyridine rings is 1. The summed E-state index contributed by atoms with van der Waals surface area (Å²) in [5.41, 5.74) is 1.02. The van der Waals surface area contributed by atoms with Crippen molar-refractivity contribution in [1.82, 2.24) is 15.0 Å². The highest BCUT2D eigenvalue weighted by Gasteiger charge is 2.22. The van der Waals surface area contributed by atoms with E-state index in [1.165, 1.54) is 0 Å². The number of anilines is 1. The molecule has 1 aliphatic rings. The maximum absolute atomic E-state index is 11.7. The monoisotopic (exact) mass is 300 g/mol. The lowest BCUT2D eigenvalue weighted by molar-refractivity contribution is 0.177. The first kappa shape index (κ1) is 14.7. The Labute approximate surface area is 129 Å². The van der Waals surface area contributed by atoms with Gasteiger partial charge in [-0.05, 0) is 25.0 Å². The summed E-state index contributed by atoms with van der Waals surface area (Å²) in [5, 5.41) is 0. The van der Waals surface area contributed by atoms with Crippen LogP contribution in [0.4, 0.5) is 5.82 Å². The molecule has 0 spiro atoms. The van der Waals surface area contributed by atoms with E-state index in [1.807, 2.05) is 18.3 Å². The summed E-state index contributed by atoms with van der Waals surface area (Å²) in [6, 6.07) is 7.61. The van der Waals surface area contributed by atoms with Gasteiger partial charge in [-0.3, -0.25) is 9.78 Å². The summed E-state index contributed by atoms with van der Waals surface area (Å²) in [7, 11) is 1.59. The second-order valence-electron chi connectivity index (χ2n) is 5.50. The maximum atomic E-state index is 11.7. The molecular weight excluding hydrogens is 280 g/mol. The lowest BCUT2D eigenvalue weighted by Gasteiger charge is -2.32. The zero-order chi connectivity index (χ0) is 15.4.